The molecule has 4 heteroatoms. The third-order valence-corrected chi connectivity index (χ3v) is 1.98. The van der Waals surface area contributed by atoms with Gasteiger partial charge < -0.3 is 21.3 Å². The monoisotopic (exact) mass is 174 g/mol. The lowest BCUT2D eigenvalue weighted by Crippen LogP contribution is -2.53. The Labute approximate surface area is 75.5 Å². The van der Waals surface area contributed by atoms with Crippen LogP contribution in [0.1, 0.15) is 0 Å². The van der Waals surface area contributed by atoms with Gasteiger partial charge in [0, 0.05) is 25.2 Å². The molecule has 0 amide bonds. The maximum Gasteiger partial charge on any atom is 0.0380 e. The van der Waals surface area contributed by atoms with Crippen molar-refractivity contribution in [3.05, 3.63) is 0 Å². The summed E-state index contributed by atoms with van der Waals surface area (Å²) < 4.78 is 0. The van der Waals surface area contributed by atoms with E-state index in [0.29, 0.717) is 12.6 Å². The second-order valence-corrected chi connectivity index (χ2v) is 3.69. The predicted octanol–water partition coefficient (Wildman–Crippen LogP) is -1.24. The second kappa shape index (κ2) is 5.48. The van der Waals surface area contributed by atoms with Crippen molar-refractivity contribution >= 4 is 0 Å². The Morgan fingerprint density at radius 1 is 1.17 bits per heavy atom. The van der Waals surface area contributed by atoms with Crippen molar-refractivity contribution in [2.24, 2.45) is 11.5 Å². The molecule has 0 aromatic rings. The highest BCUT2D eigenvalue weighted by Gasteiger charge is 2.18. The fourth-order valence-corrected chi connectivity index (χ4v) is 1.21. The number of hydrogen-bond donors (Lipinski definition) is 2. The molecule has 0 aliphatic heterocycles. The normalized spacial score (nSPS) is 17.0. The minimum Gasteiger partial charge on any atom is -0.329 e. The number of nitrogens with zero attached hydrogens (tertiary/aromatic N) is 2. The van der Waals surface area contributed by atoms with E-state index in [2.05, 4.69) is 9.80 Å². The van der Waals surface area contributed by atoms with Gasteiger partial charge in [0.2, 0.25) is 0 Å². The first-order valence-corrected chi connectivity index (χ1v) is 4.25. The molecule has 12 heavy (non-hydrogen) atoms. The summed E-state index contributed by atoms with van der Waals surface area (Å²) in [6, 6.07) is 0.396. The van der Waals surface area contributed by atoms with Gasteiger partial charge in [-0.2, -0.15) is 0 Å². The van der Waals surface area contributed by atoms with Crippen molar-refractivity contribution in [3.63, 3.8) is 0 Å². The van der Waals surface area contributed by atoms with Crippen LogP contribution >= 0.6 is 0 Å². The maximum atomic E-state index is 5.87. The fraction of sp³-hybridized carbons (Fsp3) is 1.00. The Morgan fingerprint density at radius 2 is 1.67 bits per heavy atom. The minimum absolute atomic E-state index is 0.0578. The summed E-state index contributed by atoms with van der Waals surface area (Å²) in [6.45, 7) is 1.49. The van der Waals surface area contributed by atoms with Crippen LogP contribution in [-0.4, -0.2) is 63.2 Å². The highest BCUT2D eigenvalue weighted by molar-refractivity contribution is 4.81. The molecule has 0 fully saturated rings. The molecule has 0 aliphatic rings. The molecular formula is C8H22N4. The molecule has 74 valence electrons. The van der Waals surface area contributed by atoms with Gasteiger partial charge in [-0.15, -0.1) is 0 Å². The summed E-state index contributed by atoms with van der Waals surface area (Å²) in [4.78, 5) is 4.25. The molecule has 0 aromatic carbocycles. The summed E-state index contributed by atoms with van der Waals surface area (Å²) in [6.07, 6.45) is 0. The topological polar surface area (TPSA) is 58.5 Å². The highest BCUT2D eigenvalue weighted by Crippen LogP contribution is 1.98. The average Bonchev–Trinajstić information content (AvgIpc) is 1.98. The van der Waals surface area contributed by atoms with Crippen molar-refractivity contribution in [2.45, 2.75) is 12.1 Å². The zero-order chi connectivity index (χ0) is 9.72. The van der Waals surface area contributed by atoms with Crippen molar-refractivity contribution in [1.29, 1.82) is 0 Å². The van der Waals surface area contributed by atoms with Crippen LogP contribution in [0.3, 0.4) is 0 Å². The van der Waals surface area contributed by atoms with Gasteiger partial charge in [0.1, 0.15) is 0 Å². The summed E-state index contributed by atoms with van der Waals surface area (Å²) in [5.74, 6) is 0. The van der Waals surface area contributed by atoms with E-state index < -0.39 is 0 Å². The molecule has 0 saturated heterocycles. The third kappa shape index (κ3) is 4.01. The third-order valence-electron chi connectivity index (χ3n) is 1.98. The Morgan fingerprint density at radius 3 is 1.92 bits per heavy atom. The van der Waals surface area contributed by atoms with Crippen molar-refractivity contribution in [2.75, 3.05) is 41.3 Å². The molecule has 0 radical (unpaired) electrons. The number of rotatable bonds is 5. The Kier molecular flexibility index (Phi) is 5.41. The van der Waals surface area contributed by atoms with E-state index >= 15 is 0 Å². The summed E-state index contributed by atoms with van der Waals surface area (Å²) in [5, 5.41) is 0. The number of likely N-dealkylation sites (N-methyl/N-ethyl adjacent to an activating group) is 2. The minimum atomic E-state index is 0.0578. The summed E-state index contributed by atoms with van der Waals surface area (Å²) >= 11 is 0. The Hall–Kier alpha value is -0.160. The molecule has 4 nitrogen and oxygen atoms in total. The van der Waals surface area contributed by atoms with Gasteiger partial charge in [-0.3, -0.25) is 0 Å². The van der Waals surface area contributed by atoms with E-state index in [-0.39, 0.29) is 6.04 Å². The average molecular weight is 174 g/mol. The van der Waals surface area contributed by atoms with Gasteiger partial charge in [0.05, 0.1) is 0 Å². The Balaban J connectivity index is 4.03. The van der Waals surface area contributed by atoms with Crippen molar-refractivity contribution in [3.8, 4) is 0 Å². The molecule has 2 unspecified atom stereocenters. The van der Waals surface area contributed by atoms with Crippen LogP contribution in [0.5, 0.6) is 0 Å². The number of nitrogens with two attached hydrogens (primary N) is 2. The standard InChI is InChI=1S/C8H22N4/c1-11(2)6-8(12(3)4)7(10)5-9/h7-8H,5-6,9-10H2,1-4H3. The summed E-state index contributed by atoms with van der Waals surface area (Å²) in [5.41, 5.74) is 11.4. The highest BCUT2D eigenvalue weighted by atomic mass is 15.2. The van der Waals surface area contributed by atoms with Crippen LogP contribution in [0.15, 0.2) is 0 Å². The first-order valence-electron chi connectivity index (χ1n) is 4.25. The lowest BCUT2D eigenvalue weighted by Gasteiger charge is -2.31. The van der Waals surface area contributed by atoms with Crippen LogP contribution in [-0.2, 0) is 0 Å². The van der Waals surface area contributed by atoms with Gasteiger partial charge in [-0.1, -0.05) is 0 Å². The molecular weight excluding hydrogens is 152 g/mol. The van der Waals surface area contributed by atoms with Gasteiger partial charge >= 0.3 is 0 Å². The van der Waals surface area contributed by atoms with Gasteiger partial charge in [0.25, 0.3) is 0 Å². The quantitative estimate of drug-likeness (QED) is 0.547. The van der Waals surface area contributed by atoms with E-state index in [9.17, 15) is 0 Å². The van der Waals surface area contributed by atoms with Crippen molar-refractivity contribution in [1.82, 2.24) is 9.80 Å². The SMILES string of the molecule is CN(C)CC(C(N)CN)N(C)C. The van der Waals surface area contributed by atoms with Gasteiger partial charge in [-0.25, -0.2) is 0 Å². The van der Waals surface area contributed by atoms with Crippen LogP contribution in [0.2, 0.25) is 0 Å². The van der Waals surface area contributed by atoms with Gasteiger partial charge in [0.15, 0.2) is 0 Å². The van der Waals surface area contributed by atoms with E-state index in [1.807, 2.05) is 28.2 Å². The van der Waals surface area contributed by atoms with Crippen LogP contribution in [0.4, 0.5) is 0 Å². The molecule has 0 spiro atoms. The largest absolute Gasteiger partial charge is 0.329 e. The molecule has 0 bridgehead atoms. The molecule has 4 N–H and O–H groups in total. The van der Waals surface area contributed by atoms with E-state index in [4.69, 9.17) is 11.5 Å². The smallest absolute Gasteiger partial charge is 0.0380 e. The fourth-order valence-electron chi connectivity index (χ4n) is 1.21. The summed E-state index contributed by atoms with van der Waals surface area (Å²) in [7, 11) is 8.15. The Bertz CT molecular complexity index is 114. The van der Waals surface area contributed by atoms with Crippen LogP contribution in [0, 0.1) is 0 Å². The van der Waals surface area contributed by atoms with E-state index in [1.165, 1.54) is 0 Å². The van der Waals surface area contributed by atoms with Gasteiger partial charge in [-0.05, 0) is 28.2 Å². The van der Waals surface area contributed by atoms with Crippen LogP contribution < -0.4 is 11.5 Å². The molecule has 0 rings (SSSR count). The zero-order valence-electron chi connectivity index (χ0n) is 8.62. The first kappa shape index (κ1) is 11.8. The molecule has 0 heterocycles. The van der Waals surface area contributed by atoms with E-state index in [1.54, 1.807) is 0 Å². The number of hydrogen-bond acceptors (Lipinski definition) is 4. The lowest BCUT2D eigenvalue weighted by molar-refractivity contribution is 0.201. The first-order chi connectivity index (χ1) is 5.49. The second-order valence-electron chi connectivity index (χ2n) is 3.69. The molecule has 0 aromatic heterocycles. The maximum absolute atomic E-state index is 5.87. The van der Waals surface area contributed by atoms with Crippen LogP contribution in [0.25, 0.3) is 0 Å². The molecule has 0 aliphatic carbocycles. The molecule has 2 atom stereocenters. The molecule has 0 saturated carbocycles. The van der Waals surface area contributed by atoms with E-state index in [0.717, 1.165) is 6.54 Å². The van der Waals surface area contributed by atoms with Crippen molar-refractivity contribution < 1.29 is 0 Å². The lowest BCUT2D eigenvalue weighted by atomic mass is 10.1. The zero-order valence-corrected chi connectivity index (χ0v) is 8.62. The predicted molar refractivity (Wildman–Crippen MR) is 53.1 cm³/mol.